The second-order valence-electron chi connectivity index (χ2n) is 7.13. The maximum atomic E-state index is 12.3. The van der Waals surface area contributed by atoms with Crippen molar-refractivity contribution in [3.05, 3.63) is 23.8 Å². The minimum absolute atomic E-state index is 0. The van der Waals surface area contributed by atoms with Gasteiger partial charge in [0, 0.05) is 19.1 Å². The number of halogens is 1. The number of hydrogen-bond acceptors (Lipinski definition) is 6. The molecule has 1 amide bonds. The highest BCUT2D eigenvalue weighted by molar-refractivity contribution is 5.85. The van der Waals surface area contributed by atoms with E-state index < -0.39 is 5.97 Å². The number of carboxylic acid groups (broad SMARTS) is 1. The van der Waals surface area contributed by atoms with Crippen LogP contribution >= 0.6 is 12.4 Å². The molecule has 156 valence electrons. The standard InChI is InChI=1S/C19H27N3O5.ClH/c1-21(12-19(24)25)15-3-2-7-22(8-6-15)11-18(23)20-10-14-4-5-16-17(9-14)27-13-26-16;/h4-5,9,15H,2-3,6-8,10-13H2,1H3,(H,20,23)(H,24,25);1H. The number of carbonyl (C=O) groups excluding carboxylic acids is 1. The molecule has 0 bridgehead atoms. The first kappa shape index (κ1) is 22.3. The highest BCUT2D eigenvalue weighted by atomic mass is 35.5. The number of nitrogens with one attached hydrogen (secondary N) is 1. The molecule has 0 aromatic heterocycles. The summed E-state index contributed by atoms with van der Waals surface area (Å²) in [7, 11) is 1.85. The molecule has 0 aliphatic carbocycles. The molecule has 2 aliphatic rings. The van der Waals surface area contributed by atoms with E-state index in [0.29, 0.717) is 18.8 Å². The molecule has 0 radical (unpaired) electrons. The summed E-state index contributed by atoms with van der Waals surface area (Å²) in [5, 5.41) is 11.9. The van der Waals surface area contributed by atoms with Crippen LogP contribution in [-0.2, 0) is 16.1 Å². The summed E-state index contributed by atoms with van der Waals surface area (Å²) < 4.78 is 10.6. The Morgan fingerprint density at radius 1 is 1.25 bits per heavy atom. The third kappa shape index (κ3) is 6.25. The molecule has 0 spiro atoms. The molecule has 28 heavy (non-hydrogen) atoms. The third-order valence-electron chi connectivity index (χ3n) is 5.09. The van der Waals surface area contributed by atoms with Gasteiger partial charge in [-0.25, -0.2) is 0 Å². The fourth-order valence-corrected chi connectivity index (χ4v) is 3.59. The number of benzene rings is 1. The van der Waals surface area contributed by atoms with E-state index in [4.69, 9.17) is 14.6 Å². The Morgan fingerprint density at radius 2 is 2.04 bits per heavy atom. The number of likely N-dealkylation sites (tertiary alicyclic amines) is 1. The Balaban J connectivity index is 0.00000280. The molecular formula is C19H28ClN3O5. The van der Waals surface area contributed by atoms with Crippen LogP contribution in [0.25, 0.3) is 0 Å². The van der Waals surface area contributed by atoms with Gasteiger partial charge in [-0.05, 0) is 50.6 Å². The zero-order valence-corrected chi connectivity index (χ0v) is 16.9. The van der Waals surface area contributed by atoms with Gasteiger partial charge in [-0.2, -0.15) is 0 Å². The van der Waals surface area contributed by atoms with Crippen molar-refractivity contribution in [3.8, 4) is 11.5 Å². The second-order valence-corrected chi connectivity index (χ2v) is 7.13. The van der Waals surface area contributed by atoms with Crippen molar-refractivity contribution < 1.29 is 24.2 Å². The van der Waals surface area contributed by atoms with Gasteiger partial charge in [-0.15, -0.1) is 12.4 Å². The van der Waals surface area contributed by atoms with Gasteiger partial charge in [0.05, 0.1) is 13.1 Å². The van der Waals surface area contributed by atoms with Crippen molar-refractivity contribution in [3.63, 3.8) is 0 Å². The maximum Gasteiger partial charge on any atom is 0.317 e. The fourth-order valence-electron chi connectivity index (χ4n) is 3.59. The number of rotatable bonds is 7. The van der Waals surface area contributed by atoms with Crippen molar-refractivity contribution in [2.45, 2.75) is 31.8 Å². The molecule has 2 aliphatic heterocycles. The predicted octanol–water partition coefficient (Wildman–Crippen LogP) is 1.32. The summed E-state index contributed by atoms with van der Waals surface area (Å²) in [5.41, 5.74) is 0.971. The van der Waals surface area contributed by atoms with E-state index in [9.17, 15) is 9.59 Å². The first-order valence-electron chi connectivity index (χ1n) is 9.31. The summed E-state index contributed by atoms with van der Waals surface area (Å²) in [6.07, 6.45) is 2.79. The number of hydrogen-bond donors (Lipinski definition) is 2. The van der Waals surface area contributed by atoms with E-state index in [1.165, 1.54) is 0 Å². The minimum Gasteiger partial charge on any atom is -0.480 e. The lowest BCUT2D eigenvalue weighted by atomic mass is 10.1. The summed E-state index contributed by atoms with van der Waals surface area (Å²) in [6.45, 7) is 2.76. The Morgan fingerprint density at radius 3 is 2.82 bits per heavy atom. The van der Waals surface area contributed by atoms with Crippen LogP contribution in [0, 0.1) is 0 Å². The van der Waals surface area contributed by atoms with Gasteiger partial charge in [0.2, 0.25) is 12.7 Å². The highest BCUT2D eigenvalue weighted by Gasteiger charge is 2.22. The lowest BCUT2D eigenvalue weighted by molar-refractivity contribution is -0.138. The van der Waals surface area contributed by atoms with E-state index in [2.05, 4.69) is 10.2 Å². The molecule has 9 heteroatoms. The number of carboxylic acids is 1. The van der Waals surface area contributed by atoms with Gasteiger partial charge >= 0.3 is 5.97 Å². The van der Waals surface area contributed by atoms with Crippen LogP contribution in [-0.4, -0.2) is 72.8 Å². The number of aliphatic carboxylic acids is 1. The molecule has 0 saturated carbocycles. The summed E-state index contributed by atoms with van der Waals surface area (Å²) in [5.74, 6) is 0.634. The summed E-state index contributed by atoms with van der Waals surface area (Å²) in [6, 6.07) is 5.91. The van der Waals surface area contributed by atoms with Crippen LogP contribution in [0.5, 0.6) is 11.5 Å². The average molecular weight is 414 g/mol. The fraction of sp³-hybridized carbons (Fsp3) is 0.579. The number of likely N-dealkylation sites (N-methyl/N-ethyl adjacent to an activating group) is 1. The van der Waals surface area contributed by atoms with E-state index >= 15 is 0 Å². The Hall–Kier alpha value is -2.03. The van der Waals surface area contributed by atoms with Crippen molar-refractivity contribution in [2.75, 3.05) is 40.0 Å². The van der Waals surface area contributed by atoms with E-state index in [0.717, 1.165) is 43.7 Å². The monoisotopic (exact) mass is 413 g/mol. The minimum atomic E-state index is -0.804. The SMILES string of the molecule is CN(CC(=O)O)C1CCCN(CC(=O)NCc2ccc3c(c2)OCO3)CC1.Cl. The molecule has 1 fully saturated rings. The number of nitrogens with zero attached hydrogens (tertiary/aromatic N) is 2. The Bertz CT molecular complexity index is 688. The summed E-state index contributed by atoms with van der Waals surface area (Å²) in [4.78, 5) is 27.2. The van der Waals surface area contributed by atoms with Crippen LogP contribution in [0.2, 0.25) is 0 Å². The van der Waals surface area contributed by atoms with Crippen molar-refractivity contribution in [1.82, 2.24) is 15.1 Å². The van der Waals surface area contributed by atoms with Gasteiger partial charge in [0.25, 0.3) is 0 Å². The molecule has 1 atom stereocenters. The van der Waals surface area contributed by atoms with Gasteiger partial charge in [-0.3, -0.25) is 19.4 Å². The average Bonchev–Trinajstić information content (AvgIpc) is 2.97. The molecule has 1 unspecified atom stereocenters. The van der Waals surface area contributed by atoms with Crippen LogP contribution in [0.15, 0.2) is 18.2 Å². The molecule has 1 saturated heterocycles. The van der Waals surface area contributed by atoms with Gasteiger partial charge in [0.15, 0.2) is 11.5 Å². The first-order chi connectivity index (χ1) is 13.0. The molecular weight excluding hydrogens is 386 g/mol. The Kier molecular flexibility index (Phi) is 8.35. The van der Waals surface area contributed by atoms with Crippen LogP contribution in [0.3, 0.4) is 0 Å². The maximum absolute atomic E-state index is 12.3. The number of ether oxygens (including phenoxy) is 2. The quantitative estimate of drug-likeness (QED) is 0.696. The lowest BCUT2D eigenvalue weighted by Crippen LogP contribution is -2.39. The third-order valence-corrected chi connectivity index (χ3v) is 5.09. The number of carbonyl (C=O) groups is 2. The molecule has 1 aromatic rings. The smallest absolute Gasteiger partial charge is 0.317 e. The highest BCUT2D eigenvalue weighted by Crippen LogP contribution is 2.32. The topological polar surface area (TPSA) is 91.3 Å². The number of amides is 1. The molecule has 2 heterocycles. The predicted molar refractivity (Wildman–Crippen MR) is 106 cm³/mol. The first-order valence-corrected chi connectivity index (χ1v) is 9.31. The Labute approximate surface area is 171 Å². The normalized spacial score (nSPS) is 19.0. The molecule has 2 N–H and O–H groups in total. The zero-order valence-electron chi connectivity index (χ0n) is 16.1. The van der Waals surface area contributed by atoms with Crippen molar-refractivity contribution in [2.24, 2.45) is 0 Å². The summed E-state index contributed by atoms with van der Waals surface area (Å²) >= 11 is 0. The van der Waals surface area contributed by atoms with E-state index in [-0.39, 0.29) is 37.7 Å². The van der Waals surface area contributed by atoms with Crippen molar-refractivity contribution >= 4 is 24.3 Å². The largest absolute Gasteiger partial charge is 0.480 e. The van der Waals surface area contributed by atoms with Crippen LogP contribution in [0.1, 0.15) is 24.8 Å². The van der Waals surface area contributed by atoms with Gasteiger partial charge in [0.1, 0.15) is 0 Å². The van der Waals surface area contributed by atoms with Gasteiger partial charge < -0.3 is 19.9 Å². The van der Waals surface area contributed by atoms with Crippen LogP contribution in [0.4, 0.5) is 0 Å². The molecule has 3 rings (SSSR count). The van der Waals surface area contributed by atoms with Crippen LogP contribution < -0.4 is 14.8 Å². The molecule has 8 nitrogen and oxygen atoms in total. The number of fused-ring (bicyclic) bond motifs is 1. The lowest BCUT2D eigenvalue weighted by Gasteiger charge is -2.25. The van der Waals surface area contributed by atoms with Gasteiger partial charge in [-0.1, -0.05) is 6.07 Å². The molecule has 1 aromatic carbocycles. The zero-order chi connectivity index (χ0) is 19.2. The van der Waals surface area contributed by atoms with E-state index in [1.807, 2.05) is 30.1 Å². The second kappa shape index (κ2) is 10.5. The van der Waals surface area contributed by atoms with Crippen molar-refractivity contribution in [1.29, 1.82) is 0 Å². The van der Waals surface area contributed by atoms with E-state index in [1.54, 1.807) is 0 Å².